The zero-order valence-corrected chi connectivity index (χ0v) is 16.1. The lowest BCUT2D eigenvalue weighted by atomic mass is 10.0. The lowest BCUT2D eigenvalue weighted by Gasteiger charge is -2.18. The number of hydrogen-bond acceptors (Lipinski definition) is 4. The Kier molecular flexibility index (Phi) is 7.05. The molecule has 5 nitrogen and oxygen atoms in total. The molecule has 0 radical (unpaired) electrons. The summed E-state index contributed by atoms with van der Waals surface area (Å²) in [6.07, 6.45) is -0.154. The summed E-state index contributed by atoms with van der Waals surface area (Å²) < 4.78 is 18.3. The van der Waals surface area contributed by atoms with Crippen molar-refractivity contribution in [2.24, 2.45) is 0 Å². The molecule has 1 amide bonds. The molecule has 30 heavy (non-hydrogen) atoms. The van der Waals surface area contributed by atoms with E-state index in [1.807, 2.05) is 6.07 Å². The zero-order valence-electron chi connectivity index (χ0n) is 16.1. The van der Waals surface area contributed by atoms with Gasteiger partial charge in [0.25, 0.3) is 5.91 Å². The van der Waals surface area contributed by atoms with E-state index in [1.54, 1.807) is 54.6 Å². The predicted molar refractivity (Wildman–Crippen MR) is 109 cm³/mol. The molecule has 1 N–H and O–H groups in total. The molecule has 0 bridgehead atoms. The van der Waals surface area contributed by atoms with Crippen molar-refractivity contribution in [3.8, 4) is 0 Å². The van der Waals surface area contributed by atoms with Gasteiger partial charge in [0.15, 0.2) is 12.4 Å². The summed E-state index contributed by atoms with van der Waals surface area (Å²) >= 11 is 0. The van der Waals surface area contributed by atoms with Gasteiger partial charge in [0, 0.05) is 11.1 Å². The molecule has 0 spiro atoms. The van der Waals surface area contributed by atoms with Crippen LogP contribution in [0.5, 0.6) is 0 Å². The Morgan fingerprint density at radius 1 is 0.833 bits per heavy atom. The minimum atomic E-state index is -0.651. The number of rotatable bonds is 8. The van der Waals surface area contributed by atoms with Crippen LogP contribution in [-0.2, 0) is 9.53 Å². The monoisotopic (exact) mass is 405 g/mol. The second kappa shape index (κ2) is 10.1. The van der Waals surface area contributed by atoms with Crippen LogP contribution in [0.15, 0.2) is 84.9 Å². The van der Waals surface area contributed by atoms with Crippen molar-refractivity contribution in [1.82, 2.24) is 5.32 Å². The molecule has 0 aliphatic rings. The molecular formula is C24H20FNO4. The molecule has 0 aliphatic heterocycles. The van der Waals surface area contributed by atoms with E-state index < -0.39 is 30.2 Å². The molecule has 0 aromatic heterocycles. The summed E-state index contributed by atoms with van der Waals surface area (Å²) in [4.78, 5) is 37.0. The molecule has 0 heterocycles. The van der Waals surface area contributed by atoms with Crippen LogP contribution in [0.25, 0.3) is 0 Å². The number of carbonyl (C=O) groups is 3. The Morgan fingerprint density at radius 3 is 2.13 bits per heavy atom. The molecule has 0 aliphatic carbocycles. The van der Waals surface area contributed by atoms with Crippen LogP contribution < -0.4 is 5.32 Å². The number of hydrogen-bond donors (Lipinski definition) is 1. The van der Waals surface area contributed by atoms with Gasteiger partial charge in [-0.05, 0) is 29.8 Å². The Balaban J connectivity index is 1.64. The highest BCUT2D eigenvalue weighted by molar-refractivity contribution is 5.98. The predicted octanol–water partition coefficient (Wildman–Crippen LogP) is 4.11. The molecule has 3 rings (SSSR count). The number of carbonyl (C=O) groups excluding carboxylic acids is 3. The fourth-order valence-corrected chi connectivity index (χ4v) is 2.89. The van der Waals surface area contributed by atoms with E-state index in [0.717, 1.165) is 11.6 Å². The van der Waals surface area contributed by atoms with Crippen LogP contribution in [0.3, 0.4) is 0 Å². The fourth-order valence-electron chi connectivity index (χ4n) is 2.89. The van der Waals surface area contributed by atoms with Crippen LogP contribution in [0.1, 0.15) is 38.7 Å². The van der Waals surface area contributed by atoms with Gasteiger partial charge in [-0.3, -0.25) is 14.4 Å². The van der Waals surface area contributed by atoms with Crippen molar-refractivity contribution in [3.05, 3.63) is 107 Å². The van der Waals surface area contributed by atoms with Crippen LogP contribution in [-0.4, -0.2) is 24.3 Å². The maximum absolute atomic E-state index is 13.2. The minimum absolute atomic E-state index is 0.125. The number of amides is 1. The first-order valence-electron chi connectivity index (χ1n) is 9.38. The summed E-state index contributed by atoms with van der Waals surface area (Å²) in [6.45, 7) is -0.504. The first kappa shape index (κ1) is 20.9. The quantitative estimate of drug-likeness (QED) is 0.452. The van der Waals surface area contributed by atoms with Gasteiger partial charge in [-0.1, -0.05) is 60.7 Å². The molecule has 1 atom stereocenters. The summed E-state index contributed by atoms with van der Waals surface area (Å²) in [6, 6.07) is 22.2. The maximum Gasteiger partial charge on any atom is 0.308 e. The number of esters is 1. The third kappa shape index (κ3) is 5.85. The van der Waals surface area contributed by atoms with Crippen molar-refractivity contribution in [1.29, 1.82) is 0 Å². The van der Waals surface area contributed by atoms with Gasteiger partial charge in [-0.25, -0.2) is 4.39 Å². The summed E-state index contributed by atoms with van der Waals surface area (Å²) in [5, 5.41) is 2.83. The van der Waals surface area contributed by atoms with E-state index in [-0.39, 0.29) is 17.9 Å². The molecule has 0 fully saturated rings. The van der Waals surface area contributed by atoms with Gasteiger partial charge < -0.3 is 10.1 Å². The number of ketones is 1. The van der Waals surface area contributed by atoms with Crippen LogP contribution in [0.2, 0.25) is 0 Å². The van der Waals surface area contributed by atoms with Crippen LogP contribution in [0.4, 0.5) is 4.39 Å². The maximum atomic E-state index is 13.2. The topological polar surface area (TPSA) is 72.5 Å². The highest BCUT2D eigenvalue weighted by Crippen LogP contribution is 2.18. The highest BCUT2D eigenvalue weighted by Gasteiger charge is 2.21. The average molecular weight is 405 g/mol. The van der Waals surface area contributed by atoms with Crippen molar-refractivity contribution >= 4 is 17.7 Å². The molecule has 3 aromatic rings. The zero-order chi connectivity index (χ0) is 21.3. The number of Topliss-reactive ketones (excluding diaryl/α,β-unsaturated/α-hetero) is 1. The first-order valence-corrected chi connectivity index (χ1v) is 9.38. The third-order valence-electron chi connectivity index (χ3n) is 4.42. The van der Waals surface area contributed by atoms with Crippen LogP contribution >= 0.6 is 0 Å². The Bertz CT molecular complexity index is 1020. The van der Waals surface area contributed by atoms with E-state index in [0.29, 0.717) is 5.56 Å². The SMILES string of the molecule is O=C(C[C@@H](NC(=O)c1ccccc1)c1ccccc1)OCC(=O)c1cccc(F)c1. The molecular weight excluding hydrogens is 385 g/mol. The van der Waals surface area contributed by atoms with E-state index in [2.05, 4.69) is 5.32 Å². The Hall–Kier alpha value is -3.80. The number of nitrogens with one attached hydrogen (secondary N) is 1. The fraction of sp³-hybridized carbons (Fsp3) is 0.125. The standard InChI is InChI=1S/C24H20FNO4/c25-20-13-7-12-19(14-20)22(27)16-30-23(28)15-21(17-8-3-1-4-9-17)26-24(29)18-10-5-2-6-11-18/h1-14,21H,15-16H2,(H,26,29)/t21-/m1/s1. The van der Waals surface area contributed by atoms with Crippen LogP contribution in [0, 0.1) is 5.82 Å². The Morgan fingerprint density at radius 2 is 1.47 bits per heavy atom. The first-order chi connectivity index (χ1) is 14.5. The normalized spacial score (nSPS) is 11.4. The lowest BCUT2D eigenvalue weighted by molar-refractivity contribution is -0.143. The lowest BCUT2D eigenvalue weighted by Crippen LogP contribution is -2.31. The van der Waals surface area contributed by atoms with Crippen molar-refractivity contribution in [3.63, 3.8) is 0 Å². The van der Waals surface area contributed by atoms with E-state index in [4.69, 9.17) is 4.74 Å². The molecule has 0 unspecified atom stereocenters. The summed E-state index contributed by atoms with van der Waals surface area (Å²) in [5.74, 6) is -2.03. The number of halogens is 1. The molecule has 0 saturated carbocycles. The van der Waals surface area contributed by atoms with Gasteiger partial charge in [-0.2, -0.15) is 0 Å². The van der Waals surface area contributed by atoms with Crippen molar-refractivity contribution in [2.45, 2.75) is 12.5 Å². The second-order valence-corrected chi connectivity index (χ2v) is 6.60. The largest absolute Gasteiger partial charge is 0.457 e. The molecule has 3 aromatic carbocycles. The molecule has 152 valence electrons. The minimum Gasteiger partial charge on any atom is -0.457 e. The van der Waals surface area contributed by atoms with Gasteiger partial charge in [0.1, 0.15) is 5.82 Å². The third-order valence-corrected chi connectivity index (χ3v) is 4.42. The Labute approximate surface area is 173 Å². The average Bonchev–Trinajstić information content (AvgIpc) is 2.78. The van der Waals surface area contributed by atoms with E-state index >= 15 is 0 Å². The van der Waals surface area contributed by atoms with Gasteiger partial charge in [0.05, 0.1) is 12.5 Å². The van der Waals surface area contributed by atoms with Gasteiger partial charge in [0.2, 0.25) is 0 Å². The van der Waals surface area contributed by atoms with Gasteiger partial charge >= 0.3 is 5.97 Å². The van der Waals surface area contributed by atoms with Crippen molar-refractivity contribution in [2.75, 3.05) is 6.61 Å². The summed E-state index contributed by atoms with van der Waals surface area (Å²) in [5.41, 5.74) is 1.32. The summed E-state index contributed by atoms with van der Waals surface area (Å²) in [7, 11) is 0. The molecule has 6 heteroatoms. The molecule has 0 saturated heterocycles. The highest BCUT2D eigenvalue weighted by atomic mass is 19.1. The smallest absolute Gasteiger partial charge is 0.308 e. The van der Waals surface area contributed by atoms with E-state index in [9.17, 15) is 18.8 Å². The second-order valence-electron chi connectivity index (χ2n) is 6.60. The van der Waals surface area contributed by atoms with Gasteiger partial charge in [-0.15, -0.1) is 0 Å². The van der Waals surface area contributed by atoms with Crippen molar-refractivity contribution < 1.29 is 23.5 Å². The number of benzene rings is 3. The number of ether oxygens (including phenoxy) is 1. The van der Waals surface area contributed by atoms with E-state index in [1.165, 1.54) is 18.2 Å².